The summed E-state index contributed by atoms with van der Waals surface area (Å²) in [4.78, 5) is 39.5. The molecule has 1 heterocycles. The summed E-state index contributed by atoms with van der Waals surface area (Å²) in [5, 5.41) is 13.4. The third-order valence-corrected chi connectivity index (χ3v) is 6.58. The van der Waals surface area contributed by atoms with Gasteiger partial charge in [0.25, 0.3) is 5.91 Å². The molecule has 0 unspecified atom stereocenters. The van der Waals surface area contributed by atoms with Crippen LogP contribution >= 0.6 is 0 Å². The van der Waals surface area contributed by atoms with Gasteiger partial charge in [0.1, 0.15) is 6.04 Å². The molecule has 1 fully saturated rings. The lowest BCUT2D eigenvalue weighted by Crippen LogP contribution is -3.15. The van der Waals surface area contributed by atoms with E-state index in [1.165, 1.54) is 16.0 Å². The minimum Gasteiger partial charge on any atom is -0.550 e. The van der Waals surface area contributed by atoms with E-state index in [0.717, 1.165) is 13.1 Å². The number of aliphatic carboxylic acids is 1. The quantitative estimate of drug-likeness (QED) is 0.482. The van der Waals surface area contributed by atoms with E-state index in [-0.39, 0.29) is 37.1 Å². The van der Waals surface area contributed by atoms with Crippen molar-refractivity contribution in [1.29, 1.82) is 0 Å². The van der Waals surface area contributed by atoms with Crippen LogP contribution in [0.5, 0.6) is 0 Å². The number of carbonyl (C=O) groups excluding carboxylic acids is 3. The van der Waals surface area contributed by atoms with Gasteiger partial charge in [-0.3, -0.25) is 9.59 Å². The van der Waals surface area contributed by atoms with Crippen molar-refractivity contribution in [3.05, 3.63) is 102 Å². The Morgan fingerprint density at radius 1 is 0.806 bits per heavy atom. The zero-order valence-electron chi connectivity index (χ0n) is 20.2. The predicted molar refractivity (Wildman–Crippen MR) is 135 cm³/mol. The number of para-hydroxylation sites is 1. The second kappa shape index (κ2) is 12.1. The van der Waals surface area contributed by atoms with Crippen molar-refractivity contribution in [3.63, 3.8) is 0 Å². The van der Waals surface area contributed by atoms with Crippen molar-refractivity contribution in [2.75, 3.05) is 31.5 Å². The van der Waals surface area contributed by atoms with Crippen molar-refractivity contribution in [3.8, 4) is 0 Å². The number of benzene rings is 3. The number of carboxylic acid groups (broad SMARTS) is 1. The zero-order chi connectivity index (χ0) is 25.3. The molecule has 3 aromatic rings. The van der Waals surface area contributed by atoms with E-state index >= 15 is 0 Å². The molecular formula is C29H31N3O4. The van der Waals surface area contributed by atoms with Crippen LogP contribution in [0.3, 0.4) is 0 Å². The van der Waals surface area contributed by atoms with Gasteiger partial charge in [-0.15, -0.1) is 0 Å². The smallest absolute Gasteiger partial charge is 0.256 e. The molecule has 0 aliphatic carbocycles. The third kappa shape index (κ3) is 6.37. The molecule has 1 saturated heterocycles. The molecule has 0 radical (unpaired) electrons. The number of hydrogen-bond acceptors (Lipinski definition) is 4. The summed E-state index contributed by atoms with van der Waals surface area (Å²) in [7, 11) is 0. The highest BCUT2D eigenvalue weighted by Crippen LogP contribution is 2.21. The first-order valence-electron chi connectivity index (χ1n) is 12.4. The Morgan fingerprint density at radius 2 is 1.36 bits per heavy atom. The molecule has 186 valence electrons. The van der Waals surface area contributed by atoms with E-state index in [1.807, 2.05) is 17.0 Å². The molecule has 7 heteroatoms. The summed E-state index contributed by atoms with van der Waals surface area (Å²) in [5.74, 6) is -1.61. The number of nitrogens with zero attached hydrogens (tertiary/aromatic N) is 1. The van der Waals surface area contributed by atoms with Crippen LogP contribution in [-0.2, 0) is 9.59 Å². The van der Waals surface area contributed by atoms with Gasteiger partial charge in [-0.1, -0.05) is 72.8 Å². The van der Waals surface area contributed by atoms with Crippen LogP contribution in [0.15, 0.2) is 84.9 Å². The van der Waals surface area contributed by atoms with Crippen LogP contribution in [0.1, 0.15) is 46.8 Å². The maximum absolute atomic E-state index is 13.4. The third-order valence-electron chi connectivity index (χ3n) is 6.58. The number of amides is 2. The van der Waals surface area contributed by atoms with Gasteiger partial charge < -0.3 is 25.0 Å². The number of carboxylic acids is 1. The summed E-state index contributed by atoms with van der Waals surface area (Å²) >= 11 is 0. The van der Waals surface area contributed by atoms with Gasteiger partial charge in [0.05, 0.1) is 37.4 Å². The fraction of sp³-hybridized carbons (Fsp3) is 0.276. The molecule has 0 aromatic heterocycles. The van der Waals surface area contributed by atoms with Gasteiger partial charge in [-0.25, -0.2) is 0 Å². The Labute approximate surface area is 211 Å². The molecule has 0 bridgehead atoms. The summed E-state index contributed by atoms with van der Waals surface area (Å²) in [6.45, 7) is 2.83. The van der Waals surface area contributed by atoms with Gasteiger partial charge in [0.15, 0.2) is 0 Å². The van der Waals surface area contributed by atoms with Crippen LogP contribution in [-0.4, -0.2) is 48.9 Å². The van der Waals surface area contributed by atoms with E-state index in [9.17, 15) is 19.5 Å². The van der Waals surface area contributed by atoms with Gasteiger partial charge >= 0.3 is 0 Å². The molecule has 3 aromatic carbocycles. The number of anilines is 1. The van der Waals surface area contributed by atoms with Crippen molar-refractivity contribution in [2.45, 2.75) is 25.3 Å². The molecule has 4 rings (SSSR count). The van der Waals surface area contributed by atoms with E-state index < -0.39 is 5.97 Å². The van der Waals surface area contributed by atoms with Crippen LogP contribution in [0, 0.1) is 0 Å². The monoisotopic (exact) mass is 485 g/mol. The Morgan fingerprint density at radius 3 is 1.94 bits per heavy atom. The molecular weight excluding hydrogens is 454 g/mol. The highest BCUT2D eigenvalue weighted by atomic mass is 16.4. The average Bonchev–Trinajstić information content (AvgIpc) is 2.90. The Balaban J connectivity index is 1.43. The second-order valence-electron chi connectivity index (χ2n) is 9.02. The largest absolute Gasteiger partial charge is 0.550 e. The van der Waals surface area contributed by atoms with Gasteiger partial charge in [-0.05, 0) is 25.0 Å². The number of quaternary nitrogens is 1. The highest BCUT2D eigenvalue weighted by molar-refractivity contribution is 6.03. The average molecular weight is 486 g/mol. The van der Waals surface area contributed by atoms with Crippen molar-refractivity contribution < 1.29 is 24.4 Å². The summed E-state index contributed by atoms with van der Waals surface area (Å²) < 4.78 is 0. The molecule has 2 amide bonds. The lowest BCUT2D eigenvalue weighted by Gasteiger charge is -2.37. The highest BCUT2D eigenvalue weighted by Gasteiger charge is 2.32. The zero-order valence-corrected chi connectivity index (χ0v) is 20.2. The SMILES string of the molecule is O=C([O-])CCCC(=O)Nc1ccccc1C(=O)N1CC[NH+](C(c2ccccc2)c2ccccc2)CC1. The van der Waals surface area contributed by atoms with E-state index in [0.29, 0.717) is 24.3 Å². The first-order valence-corrected chi connectivity index (χ1v) is 12.4. The minimum atomic E-state index is -1.18. The number of carbonyl (C=O) groups is 3. The Bertz CT molecular complexity index is 1140. The van der Waals surface area contributed by atoms with E-state index in [4.69, 9.17) is 0 Å². The molecule has 2 N–H and O–H groups in total. The van der Waals surface area contributed by atoms with Crippen molar-refractivity contribution in [1.82, 2.24) is 4.90 Å². The Kier molecular flexibility index (Phi) is 8.47. The molecule has 0 saturated carbocycles. The van der Waals surface area contributed by atoms with Gasteiger partial charge in [0, 0.05) is 23.5 Å². The summed E-state index contributed by atoms with van der Waals surface area (Å²) in [6, 6.07) is 28.1. The fourth-order valence-corrected chi connectivity index (χ4v) is 4.80. The van der Waals surface area contributed by atoms with Gasteiger partial charge in [-0.2, -0.15) is 0 Å². The fourth-order valence-electron chi connectivity index (χ4n) is 4.80. The summed E-state index contributed by atoms with van der Waals surface area (Å²) in [6.07, 6.45) is 0.0749. The van der Waals surface area contributed by atoms with E-state index in [2.05, 4.69) is 53.8 Å². The number of nitrogens with one attached hydrogen (secondary N) is 2. The van der Waals surface area contributed by atoms with Crippen LogP contribution in [0.2, 0.25) is 0 Å². The normalized spacial score (nSPS) is 14.0. The van der Waals surface area contributed by atoms with E-state index in [1.54, 1.807) is 24.3 Å². The Hall–Kier alpha value is -3.97. The first kappa shape index (κ1) is 25.1. The standard InChI is InChI=1S/C29H31N3O4/c33-26(16-9-17-27(34)35)30-25-15-8-7-14-24(25)29(36)32-20-18-31(19-21-32)28(22-10-3-1-4-11-22)23-12-5-2-6-13-23/h1-8,10-15,28H,9,16-21H2,(H,30,33)(H,34,35). The number of piperazine rings is 1. The van der Waals surface area contributed by atoms with Crippen LogP contribution < -0.4 is 15.3 Å². The molecule has 7 nitrogen and oxygen atoms in total. The van der Waals surface area contributed by atoms with Crippen LogP contribution in [0.4, 0.5) is 5.69 Å². The maximum Gasteiger partial charge on any atom is 0.256 e. The van der Waals surface area contributed by atoms with Crippen LogP contribution in [0.25, 0.3) is 0 Å². The van der Waals surface area contributed by atoms with Gasteiger partial charge in [0.2, 0.25) is 5.91 Å². The molecule has 36 heavy (non-hydrogen) atoms. The summed E-state index contributed by atoms with van der Waals surface area (Å²) in [5.41, 5.74) is 3.40. The minimum absolute atomic E-state index is 0.0545. The van der Waals surface area contributed by atoms with Crippen molar-refractivity contribution >= 4 is 23.5 Å². The topological polar surface area (TPSA) is 94.0 Å². The second-order valence-corrected chi connectivity index (χ2v) is 9.02. The molecule has 1 aliphatic rings. The number of hydrogen-bond donors (Lipinski definition) is 2. The molecule has 0 atom stereocenters. The predicted octanol–water partition coefficient (Wildman–Crippen LogP) is 1.68. The number of rotatable bonds is 9. The first-order chi connectivity index (χ1) is 17.5. The lowest BCUT2D eigenvalue weighted by atomic mass is 9.96. The lowest BCUT2D eigenvalue weighted by molar-refractivity contribution is -0.929. The molecule has 0 spiro atoms. The maximum atomic E-state index is 13.4. The van der Waals surface area contributed by atoms with Crippen molar-refractivity contribution in [2.24, 2.45) is 0 Å². The molecule has 1 aliphatic heterocycles.